The van der Waals surface area contributed by atoms with Crippen molar-refractivity contribution in [1.29, 1.82) is 0 Å². The van der Waals surface area contributed by atoms with Crippen molar-refractivity contribution in [2.24, 2.45) is 0 Å². The number of halogens is 4. The van der Waals surface area contributed by atoms with E-state index in [4.69, 9.17) is 27.9 Å². The minimum atomic E-state index is -1.30. The van der Waals surface area contributed by atoms with Crippen LogP contribution < -0.4 is 9.64 Å². The van der Waals surface area contributed by atoms with E-state index in [1.165, 1.54) is 43.8 Å². The molecule has 168 valence electrons. The third-order valence-corrected chi connectivity index (χ3v) is 5.60. The minimum absolute atomic E-state index is 0.00943. The first kappa shape index (κ1) is 22.7. The fourth-order valence-electron chi connectivity index (χ4n) is 3.70. The summed E-state index contributed by atoms with van der Waals surface area (Å²) < 4.78 is 33.9. The van der Waals surface area contributed by atoms with E-state index in [0.717, 1.165) is 23.1 Å². The Hall–Kier alpha value is -3.49. The average Bonchev–Trinajstić information content (AvgIpc) is 3.05. The number of amides is 1. The number of carbonyl (C=O) groups excluding carboxylic acids is 2. The summed E-state index contributed by atoms with van der Waals surface area (Å²) in [6, 6.07) is 6.87. The highest BCUT2D eigenvalue weighted by Crippen LogP contribution is 2.45. The summed E-state index contributed by atoms with van der Waals surface area (Å²) in [4.78, 5) is 30.8. The van der Waals surface area contributed by atoms with Crippen molar-refractivity contribution in [2.45, 2.75) is 6.04 Å². The number of methoxy groups -OCH3 is 1. The topological polar surface area (TPSA) is 79.7 Å². The van der Waals surface area contributed by atoms with Gasteiger partial charge in [-0.3, -0.25) is 19.5 Å². The highest BCUT2D eigenvalue weighted by molar-refractivity contribution is 6.52. The Morgan fingerprint density at radius 3 is 2.45 bits per heavy atom. The molecule has 1 amide bonds. The number of Topliss-reactive ketones (excluding diaryl/α,β-unsaturated/α-hetero) is 1. The van der Waals surface area contributed by atoms with Crippen LogP contribution in [0, 0.1) is 11.6 Å². The molecule has 4 rings (SSSR count). The molecule has 3 aromatic rings. The molecule has 1 N–H and O–H groups in total. The van der Waals surface area contributed by atoms with Gasteiger partial charge in [0, 0.05) is 23.5 Å². The normalized spacial score (nSPS) is 17.5. The van der Waals surface area contributed by atoms with Crippen molar-refractivity contribution < 1.29 is 28.2 Å². The Kier molecular flexibility index (Phi) is 6.05. The van der Waals surface area contributed by atoms with Gasteiger partial charge in [0.1, 0.15) is 23.1 Å². The smallest absolute Gasteiger partial charge is 0.300 e. The molecule has 1 atom stereocenters. The Morgan fingerprint density at radius 2 is 1.79 bits per heavy atom. The zero-order valence-corrected chi connectivity index (χ0v) is 18.4. The van der Waals surface area contributed by atoms with E-state index >= 15 is 0 Å². The van der Waals surface area contributed by atoms with Gasteiger partial charge in [-0.15, -0.1) is 0 Å². The fraction of sp³-hybridized carbons (Fsp3) is 0.0870. The van der Waals surface area contributed by atoms with Crippen molar-refractivity contribution in [1.82, 2.24) is 4.98 Å². The van der Waals surface area contributed by atoms with Crippen molar-refractivity contribution >= 4 is 46.3 Å². The van der Waals surface area contributed by atoms with Crippen molar-refractivity contribution in [2.75, 3.05) is 12.0 Å². The molecule has 10 heteroatoms. The second-order valence-corrected chi connectivity index (χ2v) is 7.86. The largest absolute Gasteiger partial charge is 0.507 e. The van der Waals surface area contributed by atoms with Crippen LogP contribution in [-0.2, 0) is 9.59 Å². The Labute approximate surface area is 196 Å². The van der Waals surface area contributed by atoms with Gasteiger partial charge >= 0.3 is 0 Å². The zero-order valence-electron chi connectivity index (χ0n) is 16.9. The van der Waals surface area contributed by atoms with Crippen LogP contribution in [0.5, 0.6) is 5.75 Å². The van der Waals surface area contributed by atoms with Crippen LogP contribution >= 0.6 is 23.2 Å². The summed E-state index contributed by atoms with van der Waals surface area (Å²) in [6.07, 6.45) is 2.79. The van der Waals surface area contributed by atoms with Gasteiger partial charge in [-0.1, -0.05) is 23.2 Å². The number of pyridine rings is 1. The summed E-state index contributed by atoms with van der Waals surface area (Å²) in [5.41, 5.74) is -0.575. The number of aliphatic hydroxyl groups is 1. The number of hydrogen-bond donors (Lipinski definition) is 1. The molecule has 1 aliphatic heterocycles. The molecule has 33 heavy (non-hydrogen) atoms. The number of ether oxygens (including phenoxy) is 1. The molecule has 1 saturated heterocycles. The van der Waals surface area contributed by atoms with Gasteiger partial charge in [0.2, 0.25) is 0 Å². The van der Waals surface area contributed by atoms with E-state index in [9.17, 15) is 23.5 Å². The maximum atomic E-state index is 14.7. The molecule has 0 bridgehead atoms. The maximum absolute atomic E-state index is 14.7. The zero-order chi connectivity index (χ0) is 23.9. The average molecular weight is 491 g/mol. The summed E-state index contributed by atoms with van der Waals surface area (Å²) in [7, 11) is 1.30. The van der Waals surface area contributed by atoms with Crippen LogP contribution in [0.25, 0.3) is 5.76 Å². The van der Waals surface area contributed by atoms with Gasteiger partial charge in [0.25, 0.3) is 11.7 Å². The predicted octanol–water partition coefficient (Wildman–Crippen LogP) is 5.30. The maximum Gasteiger partial charge on any atom is 0.300 e. The van der Waals surface area contributed by atoms with E-state index in [-0.39, 0.29) is 26.9 Å². The lowest BCUT2D eigenvalue weighted by atomic mass is 9.95. The van der Waals surface area contributed by atoms with Crippen molar-refractivity contribution in [3.8, 4) is 5.75 Å². The number of aliphatic hydroxyl groups excluding tert-OH is 1. The molecule has 1 unspecified atom stereocenters. The molecule has 6 nitrogen and oxygen atoms in total. The number of rotatable bonds is 4. The Morgan fingerprint density at radius 1 is 1.09 bits per heavy atom. The number of hydrogen-bond acceptors (Lipinski definition) is 5. The number of ketones is 1. The Balaban J connectivity index is 2.03. The number of nitrogens with zero attached hydrogens (tertiary/aromatic N) is 2. The van der Waals surface area contributed by atoms with Crippen LogP contribution in [0.1, 0.15) is 17.2 Å². The first-order valence-corrected chi connectivity index (χ1v) is 10.2. The minimum Gasteiger partial charge on any atom is -0.507 e. The van der Waals surface area contributed by atoms with Crippen LogP contribution in [0.15, 0.2) is 60.4 Å². The van der Waals surface area contributed by atoms with E-state index in [0.29, 0.717) is 5.56 Å². The second-order valence-electron chi connectivity index (χ2n) is 7.01. The highest BCUT2D eigenvalue weighted by Gasteiger charge is 2.48. The van der Waals surface area contributed by atoms with Crippen LogP contribution in [0.4, 0.5) is 14.5 Å². The quantitative estimate of drug-likeness (QED) is 0.305. The lowest BCUT2D eigenvalue weighted by Gasteiger charge is -2.25. The van der Waals surface area contributed by atoms with E-state index in [2.05, 4.69) is 4.98 Å². The van der Waals surface area contributed by atoms with Gasteiger partial charge in [-0.25, -0.2) is 8.78 Å². The van der Waals surface area contributed by atoms with Crippen LogP contribution in [0.2, 0.25) is 10.0 Å². The molecule has 2 aromatic carbocycles. The summed E-state index contributed by atoms with van der Waals surface area (Å²) in [5, 5.41) is 11.4. The molecule has 0 saturated carbocycles. The molecule has 0 aliphatic carbocycles. The van der Waals surface area contributed by atoms with Crippen molar-refractivity contribution in [3.05, 3.63) is 93.2 Å². The molecule has 1 fully saturated rings. The number of anilines is 1. The molecular formula is C23H14Cl2F2N2O4. The molecule has 1 aliphatic rings. The first-order chi connectivity index (χ1) is 15.7. The molecule has 0 radical (unpaired) electrons. The van der Waals surface area contributed by atoms with Gasteiger partial charge in [0.15, 0.2) is 0 Å². The van der Waals surface area contributed by atoms with Crippen LogP contribution in [0.3, 0.4) is 0 Å². The number of aromatic nitrogens is 1. The monoisotopic (exact) mass is 490 g/mol. The molecule has 2 heterocycles. The lowest BCUT2D eigenvalue weighted by molar-refractivity contribution is -0.132. The lowest BCUT2D eigenvalue weighted by Crippen LogP contribution is -2.30. The van der Waals surface area contributed by atoms with Crippen molar-refractivity contribution in [3.63, 3.8) is 0 Å². The predicted molar refractivity (Wildman–Crippen MR) is 118 cm³/mol. The second kappa shape index (κ2) is 8.80. The molecule has 0 spiro atoms. The summed E-state index contributed by atoms with van der Waals surface area (Å²) >= 11 is 12.2. The number of carbonyl (C=O) groups is 2. The molecular weight excluding hydrogens is 477 g/mol. The van der Waals surface area contributed by atoms with Gasteiger partial charge < -0.3 is 9.84 Å². The summed E-state index contributed by atoms with van der Waals surface area (Å²) in [5.74, 6) is -4.65. The first-order valence-electron chi connectivity index (χ1n) is 9.44. The highest BCUT2D eigenvalue weighted by atomic mass is 35.5. The van der Waals surface area contributed by atoms with Gasteiger partial charge in [-0.05, 0) is 42.0 Å². The van der Waals surface area contributed by atoms with Gasteiger partial charge in [-0.2, -0.15) is 0 Å². The Bertz CT molecular complexity index is 1320. The third-order valence-electron chi connectivity index (χ3n) is 5.10. The fourth-order valence-corrected chi connectivity index (χ4v) is 4.27. The third kappa shape index (κ3) is 3.92. The number of benzene rings is 2. The molecule has 1 aromatic heterocycles. The van der Waals surface area contributed by atoms with Gasteiger partial charge in [0.05, 0.1) is 35.0 Å². The van der Waals surface area contributed by atoms with E-state index in [1.807, 2.05) is 0 Å². The SMILES string of the molecule is COc1c(Cl)cc(Cl)cc1/C(O)=C1\C(=O)C(=O)N(c2cc(F)ccc2F)C1c1ccncc1. The van der Waals surface area contributed by atoms with E-state index in [1.54, 1.807) is 0 Å². The standard InChI is InChI=1S/C23H14Cl2F2N2O4/c1-33-22-14(8-12(24)9-15(22)25)20(30)18-19(11-4-6-28-7-5-11)29(23(32)21(18)31)17-10-13(26)2-3-16(17)27/h2-10,19,30H,1H3/b20-18+. The summed E-state index contributed by atoms with van der Waals surface area (Å²) in [6.45, 7) is 0. The van der Waals surface area contributed by atoms with E-state index < -0.39 is 40.8 Å². The van der Waals surface area contributed by atoms with Crippen LogP contribution in [-0.4, -0.2) is 28.9 Å².